The maximum absolute atomic E-state index is 15.2. The SMILES string of the molecule is CC1(C)C(NC(=O)O)=N[C@](C)(c2nc(NCc3ccc(OCF)cn3)ccc2F)[C@@H]2CCN[SH]21=O. The molecule has 10 nitrogen and oxygen atoms in total. The number of rotatable bonds is 6. The highest BCUT2D eigenvalue weighted by molar-refractivity contribution is 8.04. The average molecular weight is 511 g/mol. The van der Waals surface area contributed by atoms with Crippen LogP contribution in [0.2, 0.25) is 0 Å². The molecular formula is C22H28F2N6O4S. The maximum atomic E-state index is 15.2. The fourth-order valence-electron chi connectivity index (χ4n) is 4.72. The van der Waals surface area contributed by atoms with Crippen molar-refractivity contribution >= 4 is 27.9 Å². The third-order valence-corrected chi connectivity index (χ3v) is 10.8. The first kappa shape index (κ1) is 24.9. The van der Waals surface area contributed by atoms with Crippen LogP contribution in [0.5, 0.6) is 5.75 Å². The van der Waals surface area contributed by atoms with Gasteiger partial charge in [-0.05, 0) is 61.6 Å². The van der Waals surface area contributed by atoms with Gasteiger partial charge in [0, 0.05) is 6.54 Å². The van der Waals surface area contributed by atoms with E-state index >= 15 is 4.39 Å². The van der Waals surface area contributed by atoms with Crippen LogP contribution < -0.4 is 20.1 Å². The molecule has 0 aliphatic carbocycles. The molecule has 4 heterocycles. The molecule has 0 aromatic carbocycles. The van der Waals surface area contributed by atoms with Gasteiger partial charge in [-0.15, -0.1) is 0 Å². The number of ether oxygens (including phenoxy) is 1. The number of nitrogens with one attached hydrogen (secondary N) is 3. The van der Waals surface area contributed by atoms with Gasteiger partial charge in [-0.3, -0.25) is 24.2 Å². The van der Waals surface area contributed by atoms with E-state index in [1.807, 2.05) is 0 Å². The number of hydrogen-bond acceptors (Lipinski definition) is 7. The van der Waals surface area contributed by atoms with E-state index in [-0.39, 0.29) is 18.1 Å². The lowest BCUT2D eigenvalue weighted by Crippen LogP contribution is -2.66. The Bertz CT molecular complexity index is 1210. The minimum Gasteiger partial charge on any atom is -0.465 e. The number of carboxylic acid groups (broad SMARTS) is 1. The Morgan fingerprint density at radius 2 is 2.09 bits per heavy atom. The van der Waals surface area contributed by atoms with E-state index in [1.165, 1.54) is 18.3 Å². The number of hydrogen-bond donors (Lipinski definition) is 5. The van der Waals surface area contributed by atoms with Crippen molar-refractivity contribution in [3.8, 4) is 5.75 Å². The first-order chi connectivity index (χ1) is 16.5. The molecule has 1 amide bonds. The predicted octanol–water partition coefficient (Wildman–Crippen LogP) is 2.50. The van der Waals surface area contributed by atoms with Crippen molar-refractivity contribution in [2.24, 2.45) is 4.99 Å². The normalized spacial score (nSPS) is 25.2. The summed E-state index contributed by atoms with van der Waals surface area (Å²) in [5.74, 6) is -0.00628. The van der Waals surface area contributed by atoms with Crippen LogP contribution in [0.3, 0.4) is 0 Å². The lowest BCUT2D eigenvalue weighted by atomic mass is 9.89. The molecule has 1 fully saturated rings. The number of halogens is 2. The van der Waals surface area contributed by atoms with Crippen LogP contribution >= 0.6 is 0 Å². The predicted molar refractivity (Wildman–Crippen MR) is 128 cm³/mol. The Kier molecular flexibility index (Phi) is 6.49. The smallest absolute Gasteiger partial charge is 0.410 e. The number of aromatic nitrogens is 2. The van der Waals surface area contributed by atoms with Crippen LogP contribution in [0.15, 0.2) is 35.5 Å². The summed E-state index contributed by atoms with van der Waals surface area (Å²) in [5, 5.41) is 14.1. The zero-order valence-electron chi connectivity index (χ0n) is 19.5. The van der Waals surface area contributed by atoms with Gasteiger partial charge in [-0.25, -0.2) is 18.6 Å². The molecule has 2 aliphatic heterocycles. The maximum Gasteiger partial charge on any atom is 0.410 e. The fraction of sp³-hybridized carbons (Fsp3) is 0.455. The van der Waals surface area contributed by atoms with Gasteiger partial charge in [-0.1, -0.05) is 0 Å². The number of alkyl halides is 1. The zero-order valence-corrected chi connectivity index (χ0v) is 20.4. The van der Waals surface area contributed by atoms with Crippen LogP contribution in [-0.4, -0.2) is 54.6 Å². The summed E-state index contributed by atoms with van der Waals surface area (Å²) in [4.78, 5) is 24.7. The largest absolute Gasteiger partial charge is 0.465 e. The Morgan fingerprint density at radius 1 is 1.31 bits per heavy atom. The van der Waals surface area contributed by atoms with E-state index in [4.69, 9.17) is 4.74 Å². The molecule has 4 rings (SSSR count). The standard InChI is InChI=1S/C22H28F2N6O4S/c1-21(2)19(29-20(31)32)30-22(3,16-8-9-27-35(16,21)33)18-15(24)6-7-17(28-18)26-10-13-4-5-14(11-25-13)34-12-23/h4-7,11,16,35H,8-10,12H2,1-3H3,(H,26,28)(H,27,33)(H,29,30)(H,31,32)/t16-,22-/m0/s1. The van der Waals surface area contributed by atoms with E-state index in [0.717, 1.165) is 0 Å². The highest BCUT2D eigenvalue weighted by Crippen LogP contribution is 2.48. The molecule has 2 aliphatic rings. The van der Waals surface area contributed by atoms with Gasteiger partial charge >= 0.3 is 6.09 Å². The van der Waals surface area contributed by atoms with Crippen molar-refractivity contribution in [3.63, 3.8) is 0 Å². The van der Waals surface area contributed by atoms with Crippen molar-refractivity contribution < 1.29 is 27.6 Å². The lowest BCUT2D eigenvalue weighted by molar-refractivity contribution is 0.191. The first-order valence-electron chi connectivity index (χ1n) is 11.0. The lowest BCUT2D eigenvalue weighted by Gasteiger charge is -2.50. The third-order valence-electron chi connectivity index (χ3n) is 6.63. The van der Waals surface area contributed by atoms with Crippen LogP contribution in [0.25, 0.3) is 0 Å². The summed E-state index contributed by atoms with van der Waals surface area (Å²) in [7, 11) is -3.27. The summed E-state index contributed by atoms with van der Waals surface area (Å²) in [6.45, 7) is 4.71. The third kappa shape index (κ3) is 4.33. The van der Waals surface area contributed by atoms with Crippen molar-refractivity contribution in [1.29, 1.82) is 0 Å². The van der Waals surface area contributed by atoms with Gasteiger partial charge in [0.05, 0.1) is 28.4 Å². The summed E-state index contributed by atoms with van der Waals surface area (Å²) in [6.07, 6.45) is 0.515. The molecule has 0 bridgehead atoms. The van der Waals surface area contributed by atoms with Gasteiger partial charge in [0.1, 0.15) is 34.5 Å². The average Bonchev–Trinajstić information content (AvgIpc) is 3.23. The first-order valence-corrected chi connectivity index (χ1v) is 12.8. The monoisotopic (exact) mass is 510 g/mol. The van der Waals surface area contributed by atoms with E-state index in [0.29, 0.717) is 30.2 Å². The molecule has 13 heteroatoms. The van der Waals surface area contributed by atoms with E-state index in [9.17, 15) is 18.5 Å². The minimum absolute atomic E-state index is 0.000772. The molecule has 4 N–H and O–H groups in total. The number of amides is 1. The number of fused-ring (bicyclic) bond motifs is 1. The van der Waals surface area contributed by atoms with Crippen LogP contribution in [0.4, 0.5) is 19.4 Å². The molecular weight excluding hydrogens is 482 g/mol. The van der Waals surface area contributed by atoms with Gasteiger partial charge in [0.25, 0.3) is 0 Å². The molecule has 1 saturated heterocycles. The number of aliphatic imine (C=N–C) groups is 1. The number of amidine groups is 1. The van der Waals surface area contributed by atoms with Gasteiger partial charge in [0.15, 0.2) is 0 Å². The van der Waals surface area contributed by atoms with Crippen molar-refractivity contribution in [2.45, 2.75) is 49.3 Å². The van der Waals surface area contributed by atoms with Crippen molar-refractivity contribution in [2.75, 3.05) is 18.7 Å². The molecule has 2 aromatic rings. The highest BCUT2D eigenvalue weighted by Gasteiger charge is 2.59. The molecule has 2 atom stereocenters. The number of pyridine rings is 2. The van der Waals surface area contributed by atoms with Gasteiger partial charge < -0.3 is 15.2 Å². The van der Waals surface area contributed by atoms with Gasteiger partial charge in [-0.2, -0.15) is 0 Å². The van der Waals surface area contributed by atoms with Crippen LogP contribution in [-0.2, 0) is 22.2 Å². The Hall–Kier alpha value is -3.19. The number of carbonyl (C=O) groups is 1. The summed E-state index contributed by atoms with van der Waals surface area (Å²) >= 11 is 0. The second-order valence-corrected chi connectivity index (χ2v) is 12.5. The molecule has 0 spiro atoms. The van der Waals surface area contributed by atoms with Crippen LogP contribution in [0.1, 0.15) is 38.6 Å². The van der Waals surface area contributed by atoms with Crippen LogP contribution in [0, 0.1) is 5.82 Å². The molecule has 0 unspecified atom stereocenters. The van der Waals surface area contributed by atoms with Gasteiger partial charge in [0.2, 0.25) is 6.86 Å². The fourth-order valence-corrected chi connectivity index (χ4v) is 8.37. The minimum atomic E-state index is -3.27. The second kappa shape index (κ2) is 9.11. The zero-order chi connectivity index (χ0) is 25.4. The Balaban J connectivity index is 1.69. The molecule has 190 valence electrons. The summed E-state index contributed by atoms with van der Waals surface area (Å²) in [6, 6.07) is 5.94. The number of nitrogens with zero attached hydrogens (tertiary/aromatic N) is 3. The highest BCUT2D eigenvalue weighted by atomic mass is 32.3. The topological polar surface area (TPSA) is 138 Å². The summed E-state index contributed by atoms with van der Waals surface area (Å²) in [5.41, 5.74) is -0.793. The second-order valence-electron chi connectivity index (χ2n) is 9.09. The van der Waals surface area contributed by atoms with Crippen molar-refractivity contribution in [3.05, 3.63) is 47.7 Å². The quantitative estimate of drug-likeness (QED) is 0.377. The molecule has 35 heavy (non-hydrogen) atoms. The van der Waals surface area contributed by atoms with E-state index < -0.39 is 44.4 Å². The summed E-state index contributed by atoms with van der Waals surface area (Å²) < 4.78 is 48.4. The Morgan fingerprint density at radius 3 is 2.74 bits per heavy atom. The number of anilines is 1. The molecule has 0 radical (unpaired) electrons. The molecule has 0 saturated carbocycles. The molecule has 2 aromatic heterocycles. The number of thiol groups is 1. The van der Waals surface area contributed by atoms with E-state index in [1.54, 1.807) is 32.9 Å². The Labute approximate surface area is 202 Å². The van der Waals surface area contributed by atoms with E-state index in [2.05, 4.69) is 30.3 Å². The van der Waals surface area contributed by atoms with Crippen molar-refractivity contribution in [1.82, 2.24) is 20.0 Å².